The number of aliphatic hydroxyl groups excluding tert-OH is 1. The molecule has 1 aliphatic rings. The van der Waals surface area contributed by atoms with E-state index < -0.39 is 0 Å². The highest BCUT2D eigenvalue weighted by molar-refractivity contribution is 5.75. The molecule has 0 radical (unpaired) electrons. The molecule has 1 aliphatic heterocycles. The van der Waals surface area contributed by atoms with E-state index in [4.69, 9.17) is 4.74 Å². The van der Waals surface area contributed by atoms with Gasteiger partial charge in [0.2, 0.25) is 0 Å². The number of hydrogen-bond donors (Lipinski definition) is 1. The van der Waals surface area contributed by atoms with Gasteiger partial charge in [-0.05, 0) is 32.7 Å². The molecule has 94 valence electrons. The van der Waals surface area contributed by atoms with Crippen molar-refractivity contribution in [2.75, 3.05) is 19.8 Å². The highest BCUT2D eigenvalue weighted by Gasteiger charge is 2.34. The van der Waals surface area contributed by atoms with Crippen LogP contribution in [0.5, 0.6) is 0 Å². The van der Waals surface area contributed by atoms with Crippen LogP contribution in [0.15, 0.2) is 0 Å². The van der Waals surface area contributed by atoms with Crippen LogP contribution < -0.4 is 0 Å². The maximum atomic E-state index is 11.8. The van der Waals surface area contributed by atoms with Crippen molar-refractivity contribution in [2.24, 2.45) is 0 Å². The fourth-order valence-electron chi connectivity index (χ4n) is 2.40. The first-order valence-corrected chi connectivity index (χ1v) is 6.27. The fraction of sp³-hybridized carbons (Fsp3) is 0.917. The van der Waals surface area contributed by atoms with Crippen molar-refractivity contribution in [3.8, 4) is 0 Å². The van der Waals surface area contributed by atoms with E-state index in [9.17, 15) is 9.90 Å². The van der Waals surface area contributed by atoms with Crippen LogP contribution in [0.1, 0.15) is 39.5 Å². The molecule has 0 aromatic carbocycles. The van der Waals surface area contributed by atoms with Gasteiger partial charge < -0.3 is 9.84 Å². The molecule has 0 bridgehead atoms. The number of carbonyl (C=O) groups is 1. The lowest BCUT2D eigenvalue weighted by atomic mass is 10.1. The Bertz CT molecular complexity index is 220. The van der Waals surface area contributed by atoms with Crippen LogP contribution in [0.2, 0.25) is 0 Å². The number of esters is 1. The molecule has 1 heterocycles. The number of ether oxygens (including phenoxy) is 1. The van der Waals surface area contributed by atoms with Crippen LogP contribution in [0, 0.1) is 0 Å². The highest BCUT2D eigenvalue weighted by Crippen LogP contribution is 2.22. The van der Waals surface area contributed by atoms with E-state index in [1.54, 1.807) is 0 Å². The largest absolute Gasteiger partial charge is 0.465 e. The average Bonchev–Trinajstić information content (AvgIpc) is 2.73. The van der Waals surface area contributed by atoms with E-state index >= 15 is 0 Å². The smallest absolute Gasteiger partial charge is 0.323 e. The summed E-state index contributed by atoms with van der Waals surface area (Å²) in [5.74, 6) is -0.135. The lowest BCUT2D eigenvalue weighted by Crippen LogP contribution is -2.46. The van der Waals surface area contributed by atoms with E-state index in [1.165, 1.54) is 0 Å². The summed E-state index contributed by atoms with van der Waals surface area (Å²) in [6.07, 6.45) is 3.81. The van der Waals surface area contributed by atoms with Gasteiger partial charge in [0.15, 0.2) is 0 Å². The van der Waals surface area contributed by atoms with Gasteiger partial charge >= 0.3 is 5.97 Å². The van der Waals surface area contributed by atoms with E-state index in [-0.39, 0.29) is 24.7 Å². The molecule has 2 atom stereocenters. The van der Waals surface area contributed by atoms with Gasteiger partial charge in [-0.25, -0.2) is 0 Å². The van der Waals surface area contributed by atoms with Crippen LogP contribution in [0.4, 0.5) is 0 Å². The molecule has 0 amide bonds. The zero-order valence-electron chi connectivity index (χ0n) is 10.3. The molecule has 0 aromatic heterocycles. The van der Waals surface area contributed by atoms with E-state index in [0.717, 1.165) is 32.2 Å². The topological polar surface area (TPSA) is 49.8 Å². The first-order chi connectivity index (χ1) is 7.74. The molecule has 0 aromatic rings. The lowest BCUT2D eigenvalue weighted by Gasteiger charge is -2.30. The van der Waals surface area contributed by atoms with E-state index in [2.05, 4.69) is 11.8 Å². The molecule has 1 fully saturated rings. The third-order valence-electron chi connectivity index (χ3n) is 3.15. The molecule has 4 heteroatoms. The number of carbonyl (C=O) groups excluding carboxylic acids is 1. The monoisotopic (exact) mass is 229 g/mol. The molecule has 1 N–H and O–H groups in total. The van der Waals surface area contributed by atoms with Gasteiger partial charge in [0.25, 0.3) is 0 Å². The predicted octanol–water partition coefficient (Wildman–Crippen LogP) is 1.17. The van der Waals surface area contributed by atoms with Crippen molar-refractivity contribution in [1.82, 2.24) is 4.90 Å². The maximum Gasteiger partial charge on any atom is 0.323 e. The Morgan fingerprint density at radius 3 is 2.88 bits per heavy atom. The zero-order valence-corrected chi connectivity index (χ0v) is 10.3. The van der Waals surface area contributed by atoms with Crippen LogP contribution in [-0.4, -0.2) is 47.8 Å². The van der Waals surface area contributed by atoms with E-state index in [1.807, 2.05) is 6.92 Å². The number of nitrogens with zero attached hydrogens (tertiary/aromatic N) is 1. The van der Waals surface area contributed by atoms with Gasteiger partial charge in [0.05, 0.1) is 13.2 Å². The molecular weight excluding hydrogens is 206 g/mol. The van der Waals surface area contributed by atoms with Gasteiger partial charge in [-0.2, -0.15) is 0 Å². The first-order valence-electron chi connectivity index (χ1n) is 6.27. The Balaban J connectivity index is 2.64. The minimum absolute atomic E-state index is 0.135. The Labute approximate surface area is 97.6 Å². The Morgan fingerprint density at radius 2 is 2.31 bits per heavy atom. The summed E-state index contributed by atoms with van der Waals surface area (Å²) in [7, 11) is 0. The fourth-order valence-corrected chi connectivity index (χ4v) is 2.40. The van der Waals surface area contributed by atoms with Gasteiger partial charge in [-0.15, -0.1) is 0 Å². The lowest BCUT2D eigenvalue weighted by molar-refractivity contribution is -0.150. The van der Waals surface area contributed by atoms with Crippen molar-refractivity contribution < 1.29 is 14.6 Å². The number of likely N-dealkylation sites (tertiary alicyclic amines) is 1. The normalized spacial score (nSPS) is 23.3. The Hall–Kier alpha value is -0.610. The van der Waals surface area contributed by atoms with E-state index in [0.29, 0.717) is 6.61 Å². The molecule has 0 spiro atoms. The minimum atomic E-state index is -0.162. The summed E-state index contributed by atoms with van der Waals surface area (Å²) < 4.78 is 5.10. The maximum absolute atomic E-state index is 11.8. The summed E-state index contributed by atoms with van der Waals surface area (Å²) in [6, 6.07) is -0.0226. The molecular formula is C12H23NO3. The van der Waals surface area contributed by atoms with Gasteiger partial charge in [0, 0.05) is 6.04 Å². The highest BCUT2D eigenvalue weighted by atomic mass is 16.5. The third kappa shape index (κ3) is 3.19. The standard InChI is InChI=1S/C12H23NO3/c1-3-6-11(12(15)16-4-2)13-8-5-7-10(13)9-14/h10-11,14H,3-9H2,1-2H3. The van der Waals surface area contributed by atoms with Crippen LogP contribution in [0.25, 0.3) is 0 Å². The summed E-state index contributed by atoms with van der Waals surface area (Å²) in [5.41, 5.74) is 0. The molecule has 16 heavy (non-hydrogen) atoms. The van der Waals surface area contributed by atoms with Crippen molar-refractivity contribution in [3.63, 3.8) is 0 Å². The van der Waals surface area contributed by atoms with Crippen molar-refractivity contribution in [3.05, 3.63) is 0 Å². The average molecular weight is 229 g/mol. The van der Waals surface area contributed by atoms with Crippen LogP contribution in [-0.2, 0) is 9.53 Å². The van der Waals surface area contributed by atoms with Crippen molar-refractivity contribution in [1.29, 1.82) is 0 Å². The molecule has 0 aliphatic carbocycles. The van der Waals surface area contributed by atoms with Gasteiger partial charge in [0.1, 0.15) is 6.04 Å². The third-order valence-corrected chi connectivity index (χ3v) is 3.15. The predicted molar refractivity (Wildman–Crippen MR) is 62.1 cm³/mol. The summed E-state index contributed by atoms with van der Waals surface area (Å²) in [5, 5.41) is 9.27. The molecule has 4 nitrogen and oxygen atoms in total. The molecule has 0 saturated carbocycles. The second-order valence-electron chi connectivity index (χ2n) is 4.27. The molecule has 1 saturated heterocycles. The quantitative estimate of drug-likeness (QED) is 0.695. The van der Waals surface area contributed by atoms with Crippen LogP contribution >= 0.6 is 0 Å². The SMILES string of the molecule is CCCC(C(=O)OCC)N1CCCC1CO. The van der Waals surface area contributed by atoms with Crippen LogP contribution in [0.3, 0.4) is 0 Å². The van der Waals surface area contributed by atoms with Crippen molar-refractivity contribution >= 4 is 5.97 Å². The summed E-state index contributed by atoms with van der Waals surface area (Å²) >= 11 is 0. The first kappa shape index (κ1) is 13.5. The Morgan fingerprint density at radius 1 is 1.56 bits per heavy atom. The second kappa shape index (κ2) is 6.86. The number of hydrogen-bond acceptors (Lipinski definition) is 4. The Kier molecular flexibility index (Phi) is 5.77. The number of aliphatic hydroxyl groups is 1. The summed E-state index contributed by atoms with van der Waals surface area (Å²) in [6.45, 7) is 5.36. The zero-order chi connectivity index (χ0) is 12.0. The molecule has 2 unspecified atom stereocenters. The summed E-state index contributed by atoms with van der Waals surface area (Å²) in [4.78, 5) is 13.9. The van der Waals surface area contributed by atoms with Crippen molar-refractivity contribution in [2.45, 2.75) is 51.6 Å². The molecule has 1 rings (SSSR count). The second-order valence-corrected chi connectivity index (χ2v) is 4.27. The minimum Gasteiger partial charge on any atom is -0.465 e. The van der Waals surface area contributed by atoms with Gasteiger partial charge in [-0.3, -0.25) is 9.69 Å². The van der Waals surface area contributed by atoms with Gasteiger partial charge in [-0.1, -0.05) is 13.3 Å². The number of rotatable bonds is 6.